The Labute approximate surface area is 161 Å². The minimum absolute atomic E-state index is 0.0438. The number of aromatic amines is 1. The Hall–Kier alpha value is -2.55. The second kappa shape index (κ2) is 7.59. The molecule has 2 aromatic rings. The van der Waals surface area contributed by atoms with Crippen molar-refractivity contribution in [2.24, 2.45) is 5.92 Å². The van der Waals surface area contributed by atoms with Crippen LogP contribution in [-0.2, 0) is 6.42 Å². The second-order valence-corrected chi connectivity index (χ2v) is 7.07. The third-order valence-electron chi connectivity index (χ3n) is 4.77. The van der Waals surface area contributed by atoms with Gasteiger partial charge in [0.1, 0.15) is 0 Å². The fraction of sp³-hybridized carbons (Fsp3) is 0.529. The smallest absolute Gasteiger partial charge is 0.373 e. The maximum atomic E-state index is 12.4. The first kappa shape index (κ1) is 19.2. The number of piperidine rings is 1. The number of aryl methyl sites for hydroxylation is 2. The number of nitrogens with zero attached hydrogens (tertiary/aromatic N) is 3. The lowest BCUT2D eigenvalue weighted by atomic mass is 9.94. The van der Waals surface area contributed by atoms with Gasteiger partial charge in [-0.05, 0) is 25.7 Å². The molecule has 0 spiro atoms. The van der Waals surface area contributed by atoms with E-state index in [1.54, 1.807) is 6.92 Å². The Morgan fingerprint density at radius 1 is 1.44 bits per heavy atom. The number of rotatable bonds is 5. The van der Waals surface area contributed by atoms with E-state index in [9.17, 15) is 9.59 Å². The molecule has 2 atom stereocenters. The van der Waals surface area contributed by atoms with Crippen molar-refractivity contribution in [3.63, 3.8) is 0 Å². The van der Waals surface area contributed by atoms with Gasteiger partial charge >= 0.3 is 5.97 Å². The van der Waals surface area contributed by atoms with Gasteiger partial charge in [-0.15, -0.1) is 0 Å². The van der Waals surface area contributed by atoms with Crippen molar-refractivity contribution in [3.05, 3.63) is 28.1 Å². The summed E-state index contributed by atoms with van der Waals surface area (Å²) in [5.41, 5.74) is 1.08. The van der Waals surface area contributed by atoms with Gasteiger partial charge in [-0.1, -0.05) is 25.4 Å². The van der Waals surface area contributed by atoms with E-state index in [-0.39, 0.29) is 29.5 Å². The normalized spacial score (nSPS) is 19.9. The molecule has 0 aromatic carbocycles. The summed E-state index contributed by atoms with van der Waals surface area (Å²) in [4.78, 5) is 36.7. The molecule has 3 rings (SSSR count). The van der Waals surface area contributed by atoms with E-state index in [0.717, 1.165) is 5.69 Å². The van der Waals surface area contributed by atoms with Crippen molar-refractivity contribution in [2.75, 3.05) is 18.0 Å². The number of H-pyrrole nitrogens is 1. The highest BCUT2D eigenvalue weighted by Gasteiger charge is 2.31. The fourth-order valence-corrected chi connectivity index (χ4v) is 3.48. The van der Waals surface area contributed by atoms with Gasteiger partial charge < -0.3 is 24.7 Å². The molecule has 1 amide bonds. The minimum Gasteiger partial charge on any atom is -0.475 e. The number of hydrogen-bond acceptors (Lipinski definition) is 6. The van der Waals surface area contributed by atoms with E-state index in [0.29, 0.717) is 42.8 Å². The van der Waals surface area contributed by atoms with Crippen LogP contribution in [0.15, 0.2) is 4.42 Å². The van der Waals surface area contributed by atoms with Crippen LogP contribution in [0.1, 0.15) is 52.8 Å². The predicted octanol–water partition coefficient (Wildman–Crippen LogP) is 2.26. The second-order valence-electron chi connectivity index (χ2n) is 6.72. The number of hydrogen-bond donors (Lipinski definition) is 3. The molecule has 9 nitrogen and oxygen atoms in total. The minimum atomic E-state index is -1.13. The molecule has 0 saturated carbocycles. The number of carbonyl (C=O) groups is 2. The number of anilines is 1. The van der Waals surface area contributed by atoms with Crippen LogP contribution in [0.4, 0.5) is 6.01 Å². The largest absolute Gasteiger partial charge is 0.475 e. The number of imidazole rings is 1. The zero-order chi connectivity index (χ0) is 19.7. The lowest BCUT2D eigenvalue weighted by molar-refractivity contribution is 0.0661. The van der Waals surface area contributed by atoms with Crippen LogP contribution >= 0.6 is 11.6 Å². The summed E-state index contributed by atoms with van der Waals surface area (Å²) in [6.07, 6.45) is 1.34. The van der Waals surface area contributed by atoms with Crippen LogP contribution in [0.5, 0.6) is 0 Å². The molecule has 2 aromatic heterocycles. The first-order valence-corrected chi connectivity index (χ1v) is 9.18. The van der Waals surface area contributed by atoms with Crippen molar-refractivity contribution in [3.8, 4) is 0 Å². The van der Waals surface area contributed by atoms with Crippen molar-refractivity contribution in [1.82, 2.24) is 20.3 Å². The Morgan fingerprint density at radius 3 is 2.74 bits per heavy atom. The van der Waals surface area contributed by atoms with Crippen LogP contribution < -0.4 is 10.2 Å². The number of carboxylic acid groups (broad SMARTS) is 1. The number of halogens is 1. The van der Waals surface area contributed by atoms with Crippen molar-refractivity contribution in [2.45, 2.75) is 39.7 Å². The molecule has 146 valence electrons. The number of aromatic nitrogens is 3. The first-order valence-electron chi connectivity index (χ1n) is 8.81. The van der Waals surface area contributed by atoms with E-state index < -0.39 is 5.97 Å². The van der Waals surface area contributed by atoms with E-state index >= 15 is 0 Å². The summed E-state index contributed by atoms with van der Waals surface area (Å²) in [6.45, 7) is 6.72. The number of amides is 1. The van der Waals surface area contributed by atoms with Crippen LogP contribution in [-0.4, -0.2) is 51.1 Å². The molecule has 1 aliphatic rings. The summed E-state index contributed by atoms with van der Waals surface area (Å²) in [5.74, 6) is -1.25. The lowest BCUT2D eigenvalue weighted by Gasteiger charge is -2.36. The molecule has 1 aliphatic heterocycles. The average molecular weight is 396 g/mol. The zero-order valence-corrected chi connectivity index (χ0v) is 16.1. The molecule has 0 bridgehead atoms. The summed E-state index contributed by atoms with van der Waals surface area (Å²) in [7, 11) is 0. The third kappa shape index (κ3) is 3.92. The molecular weight excluding hydrogens is 374 g/mol. The van der Waals surface area contributed by atoms with Gasteiger partial charge in [-0.25, -0.2) is 9.78 Å². The molecule has 27 heavy (non-hydrogen) atoms. The zero-order valence-electron chi connectivity index (χ0n) is 15.4. The molecule has 0 aliphatic carbocycles. The third-order valence-corrected chi connectivity index (χ3v) is 5.08. The molecule has 1 unspecified atom stereocenters. The maximum absolute atomic E-state index is 12.4. The molecule has 3 heterocycles. The van der Waals surface area contributed by atoms with E-state index in [4.69, 9.17) is 21.1 Å². The lowest BCUT2D eigenvalue weighted by Crippen LogP contribution is -2.50. The van der Waals surface area contributed by atoms with E-state index in [1.807, 2.05) is 18.7 Å². The maximum Gasteiger partial charge on any atom is 0.373 e. The van der Waals surface area contributed by atoms with E-state index in [1.165, 1.54) is 0 Å². The summed E-state index contributed by atoms with van der Waals surface area (Å²) >= 11 is 6.00. The van der Waals surface area contributed by atoms with Crippen LogP contribution in [0.3, 0.4) is 0 Å². The fourth-order valence-electron chi connectivity index (χ4n) is 3.22. The SMILES string of the molecule is CCc1[nH]c(C(=O)N[C@@H]2CCN(c3nc(C)c(C(=O)O)o3)CC2C)nc1Cl. The topological polar surface area (TPSA) is 124 Å². The molecule has 1 saturated heterocycles. The first-order chi connectivity index (χ1) is 12.8. The van der Waals surface area contributed by atoms with Crippen LogP contribution in [0.2, 0.25) is 5.15 Å². The Bertz CT molecular complexity index is 862. The van der Waals surface area contributed by atoms with Crippen molar-refractivity contribution >= 4 is 29.5 Å². The highest BCUT2D eigenvalue weighted by atomic mass is 35.5. The summed E-state index contributed by atoms with van der Waals surface area (Å²) in [5, 5.41) is 12.4. The molecule has 3 N–H and O–H groups in total. The number of aromatic carboxylic acids is 1. The Balaban J connectivity index is 1.63. The Kier molecular flexibility index (Phi) is 5.41. The number of nitrogens with one attached hydrogen (secondary N) is 2. The number of carboxylic acids is 1. The quantitative estimate of drug-likeness (QED) is 0.709. The van der Waals surface area contributed by atoms with Gasteiger partial charge in [-0.3, -0.25) is 4.79 Å². The van der Waals surface area contributed by atoms with Crippen LogP contribution in [0, 0.1) is 12.8 Å². The van der Waals surface area contributed by atoms with Crippen molar-refractivity contribution in [1.29, 1.82) is 0 Å². The van der Waals surface area contributed by atoms with Gasteiger partial charge in [0.2, 0.25) is 5.76 Å². The van der Waals surface area contributed by atoms with Gasteiger partial charge in [-0.2, -0.15) is 4.98 Å². The predicted molar refractivity (Wildman–Crippen MR) is 98.4 cm³/mol. The molecule has 10 heteroatoms. The van der Waals surface area contributed by atoms with Gasteiger partial charge in [0.25, 0.3) is 11.9 Å². The number of oxazole rings is 1. The Morgan fingerprint density at radius 2 is 2.19 bits per heavy atom. The summed E-state index contributed by atoms with van der Waals surface area (Å²) in [6, 6.07) is 0.254. The van der Waals surface area contributed by atoms with Crippen molar-refractivity contribution < 1.29 is 19.1 Å². The average Bonchev–Trinajstić information content (AvgIpc) is 3.19. The van der Waals surface area contributed by atoms with Crippen LogP contribution in [0.25, 0.3) is 0 Å². The highest BCUT2D eigenvalue weighted by Crippen LogP contribution is 2.25. The van der Waals surface area contributed by atoms with Gasteiger partial charge in [0.05, 0.1) is 11.4 Å². The standard InChI is InChI=1S/C17H22ClN5O4/c1-4-10-13(18)22-14(20-10)15(24)21-11-5-6-23(7-8(11)2)17-19-9(3)12(27-17)16(25)26/h8,11H,4-7H2,1-3H3,(H,20,22)(H,21,24)(H,25,26)/t8?,11-/m1/s1. The van der Waals surface area contributed by atoms with Gasteiger partial charge in [0.15, 0.2) is 11.0 Å². The van der Waals surface area contributed by atoms with Gasteiger partial charge in [0, 0.05) is 19.1 Å². The highest BCUT2D eigenvalue weighted by molar-refractivity contribution is 6.30. The summed E-state index contributed by atoms with van der Waals surface area (Å²) < 4.78 is 5.38. The van der Waals surface area contributed by atoms with E-state index in [2.05, 4.69) is 20.3 Å². The molecular formula is C17H22ClN5O4. The molecule has 1 fully saturated rings. The monoisotopic (exact) mass is 395 g/mol. The number of carbonyl (C=O) groups excluding carboxylic acids is 1. The molecule has 0 radical (unpaired) electrons.